The number of carbonyl (C=O) groups excluding carboxylic acids is 1. The Kier molecular flexibility index (Phi) is 1.97. The minimum atomic E-state index is 0.411. The molecule has 6 aliphatic carbocycles. The van der Waals surface area contributed by atoms with Gasteiger partial charge in [0.15, 0.2) is 0 Å². The first-order valence-electron chi connectivity index (χ1n) is 10.3. The molecule has 0 aromatic rings. The summed E-state index contributed by atoms with van der Waals surface area (Å²) in [7, 11) is 0. The van der Waals surface area contributed by atoms with Gasteiger partial charge in [0.1, 0.15) is 0 Å². The number of hydrogen-bond acceptors (Lipinski definition) is 1. The first kappa shape index (κ1) is 12.6. The number of carbonyl (C=O) groups is 1. The molecule has 2 amide bonds. The summed E-state index contributed by atoms with van der Waals surface area (Å²) in [6.07, 6.45) is 9.76. The van der Waals surface area contributed by atoms with Crippen LogP contribution in [-0.2, 0) is 0 Å². The quantitative estimate of drug-likeness (QED) is 0.674. The molecular weight excluding hydrogens is 284 g/mol. The van der Waals surface area contributed by atoms with Crippen LogP contribution in [0.2, 0.25) is 0 Å². The number of piperidine rings is 1. The van der Waals surface area contributed by atoms with Gasteiger partial charge in [0.25, 0.3) is 0 Å². The minimum absolute atomic E-state index is 0.411. The molecule has 8 bridgehead atoms. The van der Waals surface area contributed by atoms with Crippen molar-refractivity contribution < 1.29 is 4.79 Å². The van der Waals surface area contributed by atoms with Crippen LogP contribution in [0.1, 0.15) is 44.9 Å². The molecule has 3 nitrogen and oxygen atoms in total. The molecule has 23 heavy (non-hydrogen) atoms. The van der Waals surface area contributed by atoms with E-state index in [1.165, 1.54) is 44.9 Å². The molecule has 2 heterocycles. The maximum absolute atomic E-state index is 13.2. The molecule has 3 heteroatoms. The molecule has 0 aromatic heterocycles. The lowest BCUT2D eigenvalue weighted by Gasteiger charge is -2.51. The van der Waals surface area contributed by atoms with E-state index in [9.17, 15) is 4.79 Å². The SMILES string of the molecule is O=C(N1CCCCC1)N1CC23C4CCC5C4C4C2CCC4C53C1. The molecule has 8 fully saturated rings. The smallest absolute Gasteiger partial charge is 0.320 e. The molecule has 4 atom stereocenters. The zero-order valence-electron chi connectivity index (χ0n) is 14.0. The number of urea groups is 1. The Labute approximate surface area is 138 Å². The zero-order chi connectivity index (χ0) is 15.0. The Morgan fingerprint density at radius 2 is 1.17 bits per heavy atom. The van der Waals surface area contributed by atoms with Gasteiger partial charge in [0.05, 0.1) is 0 Å². The first-order chi connectivity index (χ1) is 11.3. The standard InChI is InChI=1S/C20H28N2O/c23-18(21-8-2-1-3-9-21)22-10-19-12-4-5-13-16(12)17-14(19)6-7-15(17)20(13,19)11-22/h12-17H,1-11H2. The highest BCUT2D eigenvalue weighted by Gasteiger charge is 2.92. The van der Waals surface area contributed by atoms with Crippen LogP contribution in [0.4, 0.5) is 4.79 Å². The van der Waals surface area contributed by atoms with Gasteiger partial charge in [-0.25, -0.2) is 4.79 Å². The monoisotopic (exact) mass is 312 g/mol. The molecule has 6 saturated carbocycles. The van der Waals surface area contributed by atoms with Crippen molar-refractivity contribution in [2.24, 2.45) is 46.3 Å². The molecule has 2 saturated heterocycles. The fourth-order valence-electron chi connectivity index (χ4n) is 10.3. The third-order valence-electron chi connectivity index (χ3n) is 10.2. The zero-order valence-corrected chi connectivity index (χ0v) is 14.0. The van der Waals surface area contributed by atoms with Crippen LogP contribution >= 0.6 is 0 Å². The highest BCUT2D eigenvalue weighted by molar-refractivity contribution is 5.75. The van der Waals surface area contributed by atoms with E-state index in [0.29, 0.717) is 16.9 Å². The number of rotatable bonds is 0. The summed E-state index contributed by atoms with van der Waals surface area (Å²) in [5, 5.41) is 0. The maximum Gasteiger partial charge on any atom is 0.320 e. The van der Waals surface area contributed by atoms with Crippen molar-refractivity contribution in [2.45, 2.75) is 44.9 Å². The minimum Gasteiger partial charge on any atom is -0.325 e. The van der Waals surface area contributed by atoms with Crippen LogP contribution in [0.3, 0.4) is 0 Å². The fourth-order valence-corrected chi connectivity index (χ4v) is 10.3. The summed E-state index contributed by atoms with van der Waals surface area (Å²) >= 11 is 0. The number of likely N-dealkylation sites (tertiary alicyclic amines) is 2. The topological polar surface area (TPSA) is 23.6 Å². The van der Waals surface area contributed by atoms with E-state index in [1.54, 1.807) is 0 Å². The van der Waals surface area contributed by atoms with Crippen molar-refractivity contribution >= 4 is 6.03 Å². The molecule has 8 aliphatic rings. The van der Waals surface area contributed by atoms with Crippen LogP contribution < -0.4 is 0 Å². The van der Waals surface area contributed by atoms with E-state index >= 15 is 0 Å². The summed E-state index contributed by atoms with van der Waals surface area (Å²) in [6, 6.07) is 0.411. The number of hydrogen-bond donors (Lipinski definition) is 0. The predicted octanol–water partition coefficient (Wildman–Crippen LogP) is 3.21. The Bertz CT molecular complexity index is 547. The molecule has 2 spiro atoms. The second-order valence-corrected chi connectivity index (χ2v) is 10.0. The molecule has 0 N–H and O–H groups in total. The third-order valence-corrected chi connectivity index (χ3v) is 10.2. The fraction of sp³-hybridized carbons (Fsp3) is 0.950. The van der Waals surface area contributed by atoms with Crippen molar-refractivity contribution in [1.82, 2.24) is 9.80 Å². The largest absolute Gasteiger partial charge is 0.325 e. The van der Waals surface area contributed by atoms with Crippen molar-refractivity contribution in [3.05, 3.63) is 0 Å². The van der Waals surface area contributed by atoms with Gasteiger partial charge in [-0.3, -0.25) is 0 Å². The van der Waals surface area contributed by atoms with Crippen LogP contribution in [0.15, 0.2) is 0 Å². The van der Waals surface area contributed by atoms with Crippen molar-refractivity contribution in [3.8, 4) is 0 Å². The van der Waals surface area contributed by atoms with Crippen LogP contribution in [0, 0.1) is 46.3 Å². The number of amides is 2. The van der Waals surface area contributed by atoms with E-state index < -0.39 is 0 Å². The van der Waals surface area contributed by atoms with E-state index in [4.69, 9.17) is 0 Å². The summed E-state index contributed by atoms with van der Waals surface area (Å²) in [5.41, 5.74) is 1.19. The second-order valence-electron chi connectivity index (χ2n) is 10.0. The van der Waals surface area contributed by atoms with Gasteiger partial charge in [-0.2, -0.15) is 0 Å². The lowest BCUT2D eigenvalue weighted by molar-refractivity contribution is -0.0289. The molecule has 2 aliphatic heterocycles. The maximum atomic E-state index is 13.2. The van der Waals surface area contributed by atoms with Crippen LogP contribution in [-0.4, -0.2) is 42.0 Å². The number of nitrogens with zero attached hydrogens (tertiary/aromatic N) is 2. The average molecular weight is 312 g/mol. The summed E-state index contributed by atoms with van der Waals surface area (Å²) < 4.78 is 0. The second kappa shape index (κ2) is 3.60. The van der Waals surface area contributed by atoms with E-state index in [2.05, 4.69) is 9.80 Å². The van der Waals surface area contributed by atoms with E-state index in [0.717, 1.165) is 61.7 Å². The normalized spacial score (nSPS) is 60.3. The van der Waals surface area contributed by atoms with E-state index in [-0.39, 0.29) is 0 Å². The van der Waals surface area contributed by atoms with Crippen molar-refractivity contribution in [3.63, 3.8) is 0 Å². The Balaban J connectivity index is 1.28. The van der Waals surface area contributed by atoms with Crippen LogP contribution in [0.25, 0.3) is 0 Å². The highest BCUT2D eigenvalue weighted by Crippen LogP contribution is 2.93. The van der Waals surface area contributed by atoms with Crippen LogP contribution in [0.5, 0.6) is 0 Å². The van der Waals surface area contributed by atoms with Gasteiger partial charge in [0, 0.05) is 37.0 Å². The lowest BCUT2D eigenvalue weighted by atomic mass is 9.52. The molecule has 0 radical (unpaired) electrons. The molecular formula is C20H28N2O. The summed E-state index contributed by atoms with van der Waals surface area (Å²) in [6.45, 7) is 4.33. The molecule has 8 rings (SSSR count). The average Bonchev–Trinajstić information content (AvgIpc) is 3.36. The Morgan fingerprint density at radius 1 is 0.696 bits per heavy atom. The Hall–Kier alpha value is -0.730. The molecule has 4 unspecified atom stereocenters. The van der Waals surface area contributed by atoms with Gasteiger partial charge >= 0.3 is 6.03 Å². The van der Waals surface area contributed by atoms with E-state index in [1.807, 2.05) is 0 Å². The third kappa shape index (κ3) is 1.01. The highest BCUT2D eigenvalue weighted by atomic mass is 16.2. The summed E-state index contributed by atoms with van der Waals surface area (Å²) in [4.78, 5) is 17.7. The van der Waals surface area contributed by atoms with Gasteiger partial charge in [-0.1, -0.05) is 0 Å². The Morgan fingerprint density at radius 3 is 1.65 bits per heavy atom. The molecule has 0 aromatic carbocycles. The van der Waals surface area contributed by atoms with Gasteiger partial charge in [-0.05, 0) is 80.5 Å². The molecule has 124 valence electrons. The first-order valence-corrected chi connectivity index (χ1v) is 10.3. The van der Waals surface area contributed by atoms with Crippen molar-refractivity contribution in [2.75, 3.05) is 26.2 Å². The van der Waals surface area contributed by atoms with Gasteiger partial charge in [-0.15, -0.1) is 0 Å². The summed E-state index contributed by atoms with van der Waals surface area (Å²) in [5.74, 6) is 6.24. The lowest BCUT2D eigenvalue weighted by Crippen LogP contribution is -2.49. The predicted molar refractivity (Wildman–Crippen MR) is 86.7 cm³/mol. The van der Waals surface area contributed by atoms with Gasteiger partial charge < -0.3 is 9.80 Å². The van der Waals surface area contributed by atoms with Gasteiger partial charge in [0.2, 0.25) is 0 Å². The van der Waals surface area contributed by atoms with Crippen molar-refractivity contribution in [1.29, 1.82) is 0 Å².